The minimum atomic E-state index is -0.956. The third kappa shape index (κ3) is 5.56. The summed E-state index contributed by atoms with van der Waals surface area (Å²) in [5.41, 5.74) is 4.24. The van der Waals surface area contributed by atoms with E-state index in [9.17, 15) is 19.5 Å². The van der Waals surface area contributed by atoms with E-state index in [1.807, 2.05) is 45.0 Å². The van der Waals surface area contributed by atoms with Crippen molar-refractivity contribution in [3.63, 3.8) is 0 Å². The monoisotopic (exact) mass is 476 g/mol. The molecule has 3 N–H and O–H groups in total. The van der Waals surface area contributed by atoms with Crippen LogP contribution in [0.4, 0.5) is 4.79 Å². The number of carboxylic acid groups (broad SMARTS) is 1. The average Bonchev–Trinajstić information content (AvgIpc) is 3.39. The fraction of sp³-hybridized carbons (Fsp3) is 0.393. The molecule has 3 unspecified atom stereocenters. The molecule has 7 nitrogen and oxygen atoms in total. The zero-order valence-electron chi connectivity index (χ0n) is 20.3. The van der Waals surface area contributed by atoms with Gasteiger partial charge in [0, 0.05) is 12.0 Å². The van der Waals surface area contributed by atoms with Crippen molar-refractivity contribution in [1.82, 2.24) is 10.6 Å². The first-order valence-electron chi connectivity index (χ1n) is 12.0. The number of carbonyl (C=O) groups is 3. The first kappa shape index (κ1) is 24.5. The zero-order chi connectivity index (χ0) is 25.2. The predicted octanol–water partition coefficient (Wildman–Crippen LogP) is 4.48. The number of carbonyl (C=O) groups excluding carboxylic acids is 2. The van der Waals surface area contributed by atoms with Gasteiger partial charge in [0.15, 0.2) is 0 Å². The quantitative estimate of drug-likeness (QED) is 0.511. The molecule has 0 saturated carbocycles. The number of alkyl carbamates (subject to hydrolysis) is 1. The smallest absolute Gasteiger partial charge is 0.407 e. The van der Waals surface area contributed by atoms with E-state index in [4.69, 9.17) is 4.74 Å². The molecule has 7 heteroatoms. The largest absolute Gasteiger partial charge is 0.481 e. The highest BCUT2D eigenvalue weighted by atomic mass is 16.5. The molecule has 184 valence electrons. The Morgan fingerprint density at radius 3 is 2.17 bits per heavy atom. The van der Waals surface area contributed by atoms with Gasteiger partial charge >= 0.3 is 12.1 Å². The topological polar surface area (TPSA) is 105 Å². The summed E-state index contributed by atoms with van der Waals surface area (Å²) in [5, 5.41) is 14.9. The van der Waals surface area contributed by atoms with Crippen molar-refractivity contribution in [2.75, 3.05) is 6.61 Å². The third-order valence-corrected chi connectivity index (χ3v) is 6.81. The lowest BCUT2D eigenvalue weighted by Gasteiger charge is -2.31. The van der Waals surface area contributed by atoms with Crippen LogP contribution < -0.4 is 10.6 Å². The molecule has 0 aromatic heterocycles. The molecule has 4 rings (SSSR count). The van der Waals surface area contributed by atoms with Gasteiger partial charge in [-0.2, -0.15) is 0 Å². The number of amides is 2. The lowest BCUT2D eigenvalue weighted by Crippen LogP contribution is -2.47. The van der Waals surface area contributed by atoms with Crippen molar-refractivity contribution in [2.45, 2.75) is 51.6 Å². The molecule has 0 radical (unpaired) electrons. The Bertz CT molecular complexity index is 1100. The molecular formula is C28H32N2O5. The zero-order valence-corrected chi connectivity index (χ0v) is 20.3. The molecule has 2 aromatic rings. The number of rotatable bonds is 7. The summed E-state index contributed by atoms with van der Waals surface area (Å²) >= 11 is 0. The summed E-state index contributed by atoms with van der Waals surface area (Å²) < 4.78 is 5.60. The van der Waals surface area contributed by atoms with Crippen molar-refractivity contribution in [3.8, 4) is 11.1 Å². The maximum absolute atomic E-state index is 12.7. The summed E-state index contributed by atoms with van der Waals surface area (Å²) in [4.78, 5) is 36.5. The summed E-state index contributed by atoms with van der Waals surface area (Å²) in [6, 6.07) is 15.5. The van der Waals surface area contributed by atoms with Gasteiger partial charge in [-0.15, -0.1) is 0 Å². The fourth-order valence-corrected chi connectivity index (χ4v) is 4.82. The van der Waals surface area contributed by atoms with Gasteiger partial charge in [-0.25, -0.2) is 4.79 Å². The summed E-state index contributed by atoms with van der Waals surface area (Å²) in [5.74, 6) is -1.65. The molecule has 0 aliphatic heterocycles. The lowest BCUT2D eigenvalue weighted by molar-refractivity contribution is -0.138. The average molecular weight is 477 g/mol. The van der Waals surface area contributed by atoms with E-state index in [2.05, 4.69) is 34.9 Å². The maximum Gasteiger partial charge on any atom is 0.407 e. The van der Waals surface area contributed by atoms with E-state index in [-0.39, 0.29) is 30.9 Å². The number of fused-ring (bicyclic) bond motifs is 3. The number of nitrogens with one attached hydrogen (secondary N) is 2. The first-order chi connectivity index (χ1) is 16.6. The second kappa shape index (κ2) is 9.94. The van der Waals surface area contributed by atoms with E-state index >= 15 is 0 Å². The van der Waals surface area contributed by atoms with Gasteiger partial charge in [0.05, 0.1) is 18.4 Å². The molecule has 0 spiro atoms. The summed E-state index contributed by atoms with van der Waals surface area (Å²) in [7, 11) is 0. The van der Waals surface area contributed by atoms with Crippen LogP contribution in [0.15, 0.2) is 60.7 Å². The van der Waals surface area contributed by atoms with Crippen LogP contribution >= 0.6 is 0 Å². The highest BCUT2D eigenvalue weighted by Crippen LogP contribution is 2.44. The molecule has 0 heterocycles. The van der Waals surface area contributed by atoms with Crippen molar-refractivity contribution in [1.29, 1.82) is 0 Å². The van der Waals surface area contributed by atoms with Gasteiger partial charge in [-0.3, -0.25) is 9.59 Å². The van der Waals surface area contributed by atoms with Crippen LogP contribution in [-0.4, -0.2) is 41.8 Å². The van der Waals surface area contributed by atoms with Crippen LogP contribution in [-0.2, 0) is 14.3 Å². The molecule has 2 aliphatic rings. The van der Waals surface area contributed by atoms with E-state index in [1.165, 1.54) is 11.1 Å². The number of carboxylic acids is 1. The van der Waals surface area contributed by atoms with Crippen molar-refractivity contribution in [2.24, 2.45) is 11.3 Å². The second-order valence-corrected chi connectivity index (χ2v) is 10.3. The van der Waals surface area contributed by atoms with Gasteiger partial charge in [-0.1, -0.05) is 81.5 Å². The highest BCUT2D eigenvalue weighted by molar-refractivity contribution is 5.82. The normalized spacial score (nSPS) is 19.5. The molecule has 2 aliphatic carbocycles. The lowest BCUT2D eigenvalue weighted by atomic mass is 9.84. The Morgan fingerprint density at radius 1 is 1.00 bits per heavy atom. The van der Waals surface area contributed by atoms with Crippen LogP contribution in [0.3, 0.4) is 0 Å². The van der Waals surface area contributed by atoms with Gasteiger partial charge in [0.1, 0.15) is 6.61 Å². The van der Waals surface area contributed by atoms with E-state index in [0.717, 1.165) is 11.1 Å². The van der Waals surface area contributed by atoms with Gasteiger partial charge in [0.25, 0.3) is 0 Å². The fourth-order valence-electron chi connectivity index (χ4n) is 4.82. The van der Waals surface area contributed by atoms with E-state index < -0.39 is 29.4 Å². The van der Waals surface area contributed by atoms with Crippen LogP contribution in [0.5, 0.6) is 0 Å². The van der Waals surface area contributed by atoms with E-state index in [0.29, 0.717) is 6.42 Å². The maximum atomic E-state index is 12.7. The van der Waals surface area contributed by atoms with Crippen LogP contribution in [0, 0.1) is 11.3 Å². The summed E-state index contributed by atoms with van der Waals surface area (Å²) in [6.45, 7) is 5.91. The minimum Gasteiger partial charge on any atom is -0.481 e. The molecule has 0 saturated heterocycles. The van der Waals surface area contributed by atoms with Crippen LogP contribution in [0.25, 0.3) is 11.1 Å². The summed E-state index contributed by atoms with van der Waals surface area (Å²) in [6.07, 6.45) is 3.27. The molecule has 3 atom stereocenters. The van der Waals surface area contributed by atoms with Gasteiger partial charge < -0.3 is 20.5 Å². The Labute approximate surface area is 205 Å². The predicted molar refractivity (Wildman–Crippen MR) is 133 cm³/mol. The van der Waals surface area contributed by atoms with Crippen molar-refractivity contribution in [3.05, 3.63) is 71.8 Å². The van der Waals surface area contributed by atoms with Crippen LogP contribution in [0.2, 0.25) is 0 Å². The first-order valence-corrected chi connectivity index (χ1v) is 12.0. The Balaban J connectivity index is 1.30. The number of hydrogen-bond donors (Lipinski definition) is 3. The minimum absolute atomic E-state index is 0.0191. The number of benzene rings is 2. The number of aliphatic carboxylic acids is 1. The molecular weight excluding hydrogens is 444 g/mol. The van der Waals surface area contributed by atoms with Crippen LogP contribution in [0.1, 0.15) is 50.7 Å². The third-order valence-electron chi connectivity index (χ3n) is 6.81. The highest BCUT2D eigenvalue weighted by Gasteiger charge is 2.33. The molecule has 0 bridgehead atoms. The SMILES string of the molecule is CC(C)(C)C(CC(=O)O)NC(=O)C1C=CC(NC(=O)OCC2c3ccccc3-c3ccccc32)C1. The van der Waals surface area contributed by atoms with E-state index in [1.54, 1.807) is 12.2 Å². The molecule has 2 aromatic carbocycles. The molecule has 2 amide bonds. The number of hydrogen-bond acceptors (Lipinski definition) is 4. The number of ether oxygens (including phenoxy) is 1. The Kier molecular flexibility index (Phi) is 6.96. The standard InChI is InChI=1S/C28H32N2O5/c1-28(2,3)24(15-25(31)32)30-26(33)17-12-13-18(14-17)29-27(34)35-16-23-21-10-6-4-8-19(21)20-9-5-7-11-22(20)23/h4-13,17-18,23-24H,14-16H2,1-3H3,(H,29,34)(H,30,33)(H,31,32). The van der Waals surface area contributed by atoms with Crippen molar-refractivity contribution < 1.29 is 24.2 Å². The van der Waals surface area contributed by atoms with Gasteiger partial charge in [0.2, 0.25) is 5.91 Å². The van der Waals surface area contributed by atoms with Gasteiger partial charge in [-0.05, 0) is 34.1 Å². The second-order valence-electron chi connectivity index (χ2n) is 10.3. The van der Waals surface area contributed by atoms with Crippen molar-refractivity contribution >= 4 is 18.0 Å². The molecule has 35 heavy (non-hydrogen) atoms. The molecule has 0 fully saturated rings. The Morgan fingerprint density at radius 2 is 1.60 bits per heavy atom. The Hall–Kier alpha value is -3.61.